The predicted molar refractivity (Wildman–Crippen MR) is 107 cm³/mol. The molecule has 1 fully saturated rings. The van der Waals surface area contributed by atoms with Crippen molar-refractivity contribution in [2.45, 2.75) is 33.7 Å². The lowest BCUT2D eigenvalue weighted by Gasteiger charge is -2.28. The van der Waals surface area contributed by atoms with E-state index in [-0.39, 0.29) is 16.7 Å². The Hall–Kier alpha value is -2.80. The van der Waals surface area contributed by atoms with E-state index in [0.29, 0.717) is 5.69 Å². The van der Waals surface area contributed by atoms with Crippen LogP contribution in [0.4, 0.5) is 10.1 Å². The van der Waals surface area contributed by atoms with Crippen LogP contribution >= 0.6 is 12.2 Å². The van der Waals surface area contributed by atoms with E-state index < -0.39 is 17.6 Å². The Morgan fingerprint density at radius 3 is 2.33 bits per heavy atom. The molecule has 0 atom stereocenters. The molecule has 0 radical (unpaired) electrons. The summed E-state index contributed by atoms with van der Waals surface area (Å²) in [5.41, 5.74) is 3.19. The quantitative estimate of drug-likeness (QED) is 0.498. The molecule has 0 bridgehead atoms. The Morgan fingerprint density at radius 2 is 1.78 bits per heavy atom. The molecule has 1 aliphatic rings. The predicted octanol–water partition coefficient (Wildman–Crippen LogP) is 3.66. The van der Waals surface area contributed by atoms with Crippen LogP contribution in [-0.2, 0) is 9.59 Å². The summed E-state index contributed by atoms with van der Waals surface area (Å²) in [6.45, 7) is 8.08. The molecule has 7 heteroatoms. The lowest BCUT2D eigenvalue weighted by Crippen LogP contribution is -2.54. The molecule has 0 spiro atoms. The van der Waals surface area contributed by atoms with Gasteiger partial charge in [-0.05, 0) is 81.9 Å². The molecule has 1 saturated heterocycles. The molecule has 1 aromatic carbocycles. The van der Waals surface area contributed by atoms with Crippen molar-refractivity contribution in [1.82, 2.24) is 9.88 Å². The number of carbonyl (C=O) groups excluding carboxylic acids is 2. The Balaban J connectivity index is 2.05. The summed E-state index contributed by atoms with van der Waals surface area (Å²) in [7, 11) is 0. The van der Waals surface area contributed by atoms with Crippen molar-refractivity contribution < 1.29 is 14.0 Å². The monoisotopic (exact) mass is 385 g/mol. The van der Waals surface area contributed by atoms with Crippen molar-refractivity contribution in [1.29, 1.82) is 0 Å². The molecule has 140 valence electrons. The highest BCUT2D eigenvalue weighted by atomic mass is 32.1. The number of halogens is 1. The summed E-state index contributed by atoms with van der Waals surface area (Å²) in [6.07, 6.45) is 1.58. The van der Waals surface area contributed by atoms with E-state index in [1.807, 2.05) is 19.9 Å². The number of aryl methyl sites for hydroxylation is 1. The fraction of sp³-hybridized carbons (Fsp3) is 0.250. The Kier molecular flexibility index (Phi) is 4.97. The zero-order valence-electron chi connectivity index (χ0n) is 15.5. The number of nitrogens with zero attached hydrogens (tertiary/aromatic N) is 2. The fourth-order valence-corrected chi connectivity index (χ4v) is 3.66. The van der Waals surface area contributed by atoms with E-state index in [1.165, 1.54) is 29.2 Å². The second-order valence-corrected chi connectivity index (χ2v) is 7.11. The normalized spacial score (nSPS) is 16.4. The smallest absolute Gasteiger partial charge is 0.270 e. The van der Waals surface area contributed by atoms with Crippen LogP contribution in [0.2, 0.25) is 0 Å². The van der Waals surface area contributed by atoms with Gasteiger partial charge in [-0.15, -0.1) is 0 Å². The molecule has 0 aliphatic carbocycles. The second-order valence-electron chi connectivity index (χ2n) is 6.72. The Labute approximate surface area is 162 Å². The zero-order valence-corrected chi connectivity index (χ0v) is 16.4. The van der Waals surface area contributed by atoms with Gasteiger partial charge in [-0.25, -0.2) is 4.39 Å². The average Bonchev–Trinajstić information content (AvgIpc) is 2.86. The van der Waals surface area contributed by atoms with Crippen molar-refractivity contribution >= 4 is 40.9 Å². The molecule has 1 aromatic heterocycles. The number of benzene rings is 1. The van der Waals surface area contributed by atoms with E-state index in [4.69, 9.17) is 12.2 Å². The number of aromatic nitrogens is 1. The minimum absolute atomic E-state index is 0.0167. The number of carbonyl (C=O) groups is 2. The number of anilines is 1. The average molecular weight is 385 g/mol. The second kappa shape index (κ2) is 7.08. The maximum absolute atomic E-state index is 13.2. The molecule has 2 heterocycles. The van der Waals surface area contributed by atoms with Gasteiger partial charge in [0.2, 0.25) is 0 Å². The van der Waals surface area contributed by atoms with Crippen molar-refractivity contribution in [3.8, 4) is 0 Å². The summed E-state index contributed by atoms with van der Waals surface area (Å²) in [5, 5.41) is 2.51. The van der Waals surface area contributed by atoms with Gasteiger partial charge < -0.3 is 4.57 Å². The highest BCUT2D eigenvalue weighted by Gasteiger charge is 2.34. The topological polar surface area (TPSA) is 54.3 Å². The molecular formula is C20H20FN3O2S. The van der Waals surface area contributed by atoms with Gasteiger partial charge in [0.15, 0.2) is 5.11 Å². The molecule has 0 unspecified atom stereocenters. The minimum Gasteiger partial charge on any atom is -0.346 e. The Bertz CT molecular complexity index is 974. The first kappa shape index (κ1) is 19.0. The van der Waals surface area contributed by atoms with Crippen LogP contribution in [0.15, 0.2) is 35.9 Å². The maximum Gasteiger partial charge on any atom is 0.270 e. The lowest BCUT2D eigenvalue weighted by atomic mass is 10.1. The maximum atomic E-state index is 13.2. The zero-order chi connectivity index (χ0) is 19.9. The van der Waals surface area contributed by atoms with E-state index in [0.717, 1.165) is 17.0 Å². The van der Waals surface area contributed by atoms with Crippen LogP contribution in [0.25, 0.3) is 6.08 Å². The van der Waals surface area contributed by atoms with Crippen LogP contribution in [0.3, 0.4) is 0 Å². The fourth-order valence-electron chi connectivity index (χ4n) is 3.38. The molecular weight excluding hydrogens is 365 g/mol. The molecule has 2 amide bonds. The minimum atomic E-state index is -0.544. The number of nitrogens with one attached hydrogen (secondary N) is 1. The highest BCUT2D eigenvalue weighted by molar-refractivity contribution is 7.80. The third-order valence-electron chi connectivity index (χ3n) is 4.53. The molecule has 1 aliphatic heterocycles. The van der Waals surface area contributed by atoms with Gasteiger partial charge in [0, 0.05) is 17.4 Å². The first-order valence-electron chi connectivity index (χ1n) is 8.56. The largest absolute Gasteiger partial charge is 0.346 e. The van der Waals surface area contributed by atoms with Gasteiger partial charge >= 0.3 is 0 Å². The van der Waals surface area contributed by atoms with Crippen LogP contribution in [0, 0.1) is 19.7 Å². The number of hydrogen-bond donors (Lipinski definition) is 1. The summed E-state index contributed by atoms with van der Waals surface area (Å²) in [4.78, 5) is 26.6. The molecule has 3 rings (SSSR count). The molecule has 1 N–H and O–H groups in total. The molecule has 0 saturated carbocycles. The van der Waals surface area contributed by atoms with E-state index in [2.05, 4.69) is 23.7 Å². The SMILES string of the molecule is Cc1cc(/C=C2\C(=O)NC(=S)N(c3ccc(F)cc3)C2=O)c(C)n1C(C)C. The Morgan fingerprint density at radius 1 is 1.15 bits per heavy atom. The first-order chi connectivity index (χ1) is 12.7. The summed E-state index contributed by atoms with van der Waals surface area (Å²) >= 11 is 5.15. The molecule has 27 heavy (non-hydrogen) atoms. The van der Waals surface area contributed by atoms with Gasteiger partial charge in [-0.1, -0.05) is 0 Å². The van der Waals surface area contributed by atoms with Crippen LogP contribution in [0.5, 0.6) is 0 Å². The third kappa shape index (κ3) is 3.42. The van der Waals surface area contributed by atoms with Gasteiger partial charge in [-0.3, -0.25) is 19.8 Å². The van der Waals surface area contributed by atoms with E-state index >= 15 is 0 Å². The number of amides is 2. The standard InChI is InChI=1S/C20H20FN3O2S/c1-11(2)23-12(3)9-14(13(23)4)10-17-18(25)22-20(27)24(19(17)26)16-7-5-15(21)6-8-16/h5-11H,1-4H3,(H,22,25,27)/b17-10+. The van der Waals surface area contributed by atoms with Gasteiger partial charge in [0.25, 0.3) is 11.8 Å². The molecule has 2 aromatic rings. The number of rotatable bonds is 3. The number of hydrogen-bond acceptors (Lipinski definition) is 3. The van der Waals surface area contributed by atoms with Crippen LogP contribution < -0.4 is 10.2 Å². The van der Waals surface area contributed by atoms with Gasteiger partial charge in [0.05, 0.1) is 5.69 Å². The first-order valence-corrected chi connectivity index (χ1v) is 8.97. The van der Waals surface area contributed by atoms with E-state index in [1.54, 1.807) is 6.08 Å². The van der Waals surface area contributed by atoms with Gasteiger partial charge in [0.1, 0.15) is 11.4 Å². The van der Waals surface area contributed by atoms with Crippen molar-refractivity contribution in [2.75, 3.05) is 4.90 Å². The van der Waals surface area contributed by atoms with Crippen molar-refractivity contribution in [3.05, 3.63) is 58.7 Å². The van der Waals surface area contributed by atoms with Crippen LogP contribution in [-0.4, -0.2) is 21.5 Å². The number of thiocarbonyl (C=S) groups is 1. The summed E-state index contributed by atoms with van der Waals surface area (Å²) < 4.78 is 15.3. The van der Waals surface area contributed by atoms with Crippen LogP contribution in [0.1, 0.15) is 36.8 Å². The van der Waals surface area contributed by atoms with Gasteiger partial charge in [-0.2, -0.15) is 0 Å². The van der Waals surface area contributed by atoms with E-state index in [9.17, 15) is 14.0 Å². The third-order valence-corrected chi connectivity index (χ3v) is 4.81. The molecule has 5 nitrogen and oxygen atoms in total. The van der Waals surface area contributed by atoms with Crippen molar-refractivity contribution in [2.24, 2.45) is 0 Å². The summed E-state index contributed by atoms with van der Waals surface area (Å²) in [5.74, 6) is -1.50. The highest BCUT2D eigenvalue weighted by Crippen LogP contribution is 2.25. The summed E-state index contributed by atoms with van der Waals surface area (Å²) in [6, 6.07) is 7.57. The lowest BCUT2D eigenvalue weighted by molar-refractivity contribution is -0.122. The van der Waals surface area contributed by atoms with Crippen molar-refractivity contribution in [3.63, 3.8) is 0 Å².